The SMILES string of the molecule is CCC(Cc1ccccc1)Nc1cccnc1C. The summed E-state index contributed by atoms with van der Waals surface area (Å²) >= 11 is 0. The second kappa shape index (κ2) is 6.20. The quantitative estimate of drug-likeness (QED) is 0.859. The first-order chi connectivity index (χ1) is 8.79. The molecule has 0 spiro atoms. The number of aryl methyl sites for hydroxylation is 1. The Morgan fingerprint density at radius 3 is 2.56 bits per heavy atom. The van der Waals surface area contributed by atoms with Crippen molar-refractivity contribution >= 4 is 5.69 Å². The van der Waals surface area contributed by atoms with Gasteiger partial charge in [0.1, 0.15) is 0 Å². The van der Waals surface area contributed by atoms with Crippen molar-refractivity contribution in [2.24, 2.45) is 0 Å². The molecule has 2 aromatic rings. The van der Waals surface area contributed by atoms with Gasteiger partial charge in [0.15, 0.2) is 0 Å². The molecule has 0 amide bonds. The molecular weight excluding hydrogens is 220 g/mol. The lowest BCUT2D eigenvalue weighted by atomic mass is 10.0. The fourth-order valence-electron chi connectivity index (χ4n) is 2.05. The Kier molecular flexibility index (Phi) is 4.35. The first-order valence-corrected chi connectivity index (χ1v) is 6.51. The van der Waals surface area contributed by atoms with Gasteiger partial charge in [-0.15, -0.1) is 0 Å². The maximum absolute atomic E-state index is 4.31. The standard InChI is InChI=1S/C16H20N2/c1-3-15(12-14-8-5-4-6-9-14)18-16-10-7-11-17-13(16)2/h4-11,15,18H,3,12H2,1-2H3. The van der Waals surface area contributed by atoms with Crippen LogP contribution in [0, 0.1) is 6.92 Å². The number of nitrogens with one attached hydrogen (secondary N) is 1. The van der Waals surface area contributed by atoms with E-state index in [0.29, 0.717) is 6.04 Å². The monoisotopic (exact) mass is 240 g/mol. The van der Waals surface area contributed by atoms with Gasteiger partial charge < -0.3 is 5.32 Å². The van der Waals surface area contributed by atoms with E-state index in [0.717, 1.165) is 24.2 Å². The van der Waals surface area contributed by atoms with Gasteiger partial charge in [0.25, 0.3) is 0 Å². The minimum Gasteiger partial charge on any atom is -0.381 e. The average Bonchev–Trinajstić information content (AvgIpc) is 2.41. The van der Waals surface area contributed by atoms with E-state index in [1.807, 2.05) is 19.2 Å². The highest BCUT2D eigenvalue weighted by Crippen LogP contribution is 2.15. The number of anilines is 1. The molecule has 0 radical (unpaired) electrons. The number of hydrogen-bond acceptors (Lipinski definition) is 2. The Hall–Kier alpha value is -1.83. The summed E-state index contributed by atoms with van der Waals surface area (Å²) in [5, 5.41) is 3.58. The second-order valence-electron chi connectivity index (χ2n) is 4.58. The van der Waals surface area contributed by atoms with Crippen LogP contribution in [0.2, 0.25) is 0 Å². The summed E-state index contributed by atoms with van der Waals surface area (Å²) < 4.78 is 0. The number of hydrogen-bond donors (Lipinski definition) is 1. The van der Waals surface area contributed by atoms with E-state index in [-0.39, 0.29) is 0 Å². The third-order valence-corrected chi connectivity index (χ3v) is 3.18. The predicted molar refractivity (Wildman–Crippen MR) is 76.8 cm³/mol. The molecule has 0 aliphatic carbocycles. The number of aromatic nitrogens is 1. The first-order valence-electron chi connectivity index (χ1n) is 6.51. The van der Waals surface area contributed by atoms with Crippen LogP contribution in [0.4, 0.5) is 5.69 Å². The van der Waals surface area contributed by atoms with E-state index in [2.05, 4.69) is 53.6 Å². The van der Waals surface area contributed by atoms with Crippen molar-refractivity contribution in [1.82, 2.24) is 4.98 Å². The van der Waals surface area contributed by atoms with E-state index in [1.54, 1.807) is 0 Å². The first kappa shape index (κ1) is 12.6. The van der Waals surface area contributed by atoms with E-state index < -0.39 is 0 Å². The fraction of sp³-hybridized carbons (Fsp3) is 0.312. The Bertz CT molecular complexity index is 479. The van der Waals surface area contributed by atoms with Gasteiger partial charge in [-0.05, 0) is 37.5 Å². The van der Waals surface area contributed by atoms with E-state index in [4.69, 9.17) is 0 Å². The van der Waals surface area contributed by atoms with Crippen LogP contribution in [0.1, 0.15) is 24.6 Å². The van der Waals surface area contributed by atoms with Crippen LogP contribution in [0.25, 0.3) is 0 Å². The number of rotatable bonds is 5. The summed E-state index contributed by atoms with van der Waals surface area (Å²) in [4.78, 5) is 4.31. The van der Waals surface area contributed by atoms with Crippen LogP contribution in [-0.4, -0.2) is 11.0 Å². The highest BCUT2D eigenvalue weighted by molar-refractivity contribution is 5.47. The molecule has 0 saturated carbocycles. The van der Waals surface area contributed by atoms with Crippen molar-refractivity contribution in [2.75, 3.05) is 5.32 Å². The van der Waals surface area contributed by atoms with Gasteiger partial charge in [-0.1, -0.05) is 37.3 Å². The molecule has 2 nitrogen and oxygen atoms in total. The van der Waals surface area contributed by atoms with Gasteiger partial charge in [0.05, 0.1) is 11.4 Å². The highest BCUT2D eigenvalue weighted by Gasteiger charge is 2.08. The summed E-state index contributed by atoms with van der Waals surface area (Å²) in [6.07, 6.45) is 3.98. The van der Waals surface area contributed by atoms with E-state index in [1.165, 1.54) is 5.56 Å². The summed E-state index contributed by atoms with van der Waals surface area (Å²) in [7, 11) is 0. The van der Waals surface area contributed by atoms with Gasteiger partial charge in [-0.2, -0.15) is 0 Å². The smallest absolute Gasteiger partial charge is 0.0603 e. The zero-order valence-electron chi connectivity index (χ0n) is 11.1. The second-order valence-corrected chi connectivity index (χ2v) is 4.58. The van der Waals surface area contributed by atoms with Crippen LogP contribution in [-0.2, 0) is 6.42 Å². The van der Waals surface area contributed by atoms with E-state index >= 15 is 0 Å². The third-order valence-electron chi connectivity index (χ3n) is 3.18. The zero-order valence-corrected chi connectivity index (χ0v) is 11.1. The lowest BCUT2D eigenvalue weighted by molar-refractivity contribution is 0.689. The molecule has 0 fully saturated rings. The topological polar surface area (TPSA) is 24.9 Å². The molecule has 0 aliphatic rings. The predicted octanol–water partition coefficient (Wildman–Crippen LogP) is 3.82. The van der Waals surface area contributed by atoms with Crippen LogP contribution in [0.15, 0.2) is 48.7 Å². The van der Waals surface area contributed by atoms with Crippen molar-refractivity contribution in [3.05, 3.63) is 59.9 Å². The molecule has 2 rings (SSSR count). The molecule has 1 N–H and O–H groups in total. The Balaban J connectivity index is 2.04. The maximum atomic E-state index is 4.31. The minimum absolute atomic E-state index is 0.454. The number of pyridine rings is 1. The van der Waals surface area contributed by atoms with Gasteiger partial charge in [-0.25, -0.2) is 0 Å². The normalized spacial score (nSPS) is 12.1. The molecule has 94 valence electrons. The summed E-state index contributed by atoms with van der Waals surface area (Å²) in [5.74, 6) is 0. The molecule has 1 atom stereocenters. The fourth-order valence-corrected chi connectivity index (χ4v) is 2.05. The third kappa shape index (κ3) is 3.33. The molecule has 1 aromatic heterocycles. The molecular formula is C16H20N2. The molecule has 1 heterocycles. The average molecular weight is 240 g/mol. The van der Waals surface area contributed by atoms with Gasteiger partial charge in [-0.3, -0.25) is 4.98 Å². The van der Waals surface area contributed by atoms with Gasteiger partial charge in [0.2, 0.25) is 0 Å². The molecule has 1 aromatic carbocycles. The summed E-state index contributed by atoms with van der Waals surface area (Å²) in [6, 6.07) is 15.1. The summed E-state index contributed by atoms with van der Waals surface area (Å²) in [6.45, 7) is 4.25. The number of benzene rings is 1. The lowest BCUT2D eigenvalue weighted by Crippen LogP contribution is -2.21. The molecule has 0 aliphatic heterocycles. The maximum Gasteiger partial charge on any atom is 0.0603 e. The van der Waals surface area contributed by atoms with Gasteiger partial charge in [0, 0.05) is 12.2 Å². The Labute approximate surface area is 109 Å². The van der Waals surface area contributed by atoms with Crippen LogP contribution >= 0.6 is 0 Å². The van der Waals surface area contributed by atoms with Crippen LogP contribution in [0.5, 0.6) is 0 Å². The van der Waals surface area contributed by atoms with Crippen molar-refractivity contribution in [1.29, 1.82) is 0 Å². The lowest BCUT2D eigenvalue weighted by Gasteiger charge is -2.19. The zero-order chi connectivity index (χ0) is 12.8. The van der Waals surface area contributed by atoms with Crippen molar-refractivity contribution in [3.63, 3.8) is 0 Å². The van der Waals surface area contributed by atoms with Crippen molar-refractivity contribution < 1.29 is 0 Å². The largest absolute Gasteiger partial charge is 0.381 e. The van der Waals surface area contributed by atoms with Gasteiger partial charge >= 0.3 is 0 Å². The Morgan fingerprint density at radius 1 is 1.11 bits per heavy atom. The van der Waals surface area contributed by atoms with Crippen LogP contribution in [0.3, 0.4) is 0 Å². The number of nitrogens with zero attached hydrogens (tertiary/aromatic N) is 1. The Morgan fingerprint density at radius 2 is 1.89 bits per heavy atom. The molecule has 2 heteroatoms. The molecule has 18 heavy (non-hydrogen) atoms. The molecule has 0 bridgehead atoms. The molecule has 1 unspecified atom stereocenters. The van der Waals surface area contributed by atoms with Crippen molar-refractivity contribution in [3.8, 4) is 0 Å². The molecule has 0 saturated heterocycles. The summed E-state index contributed by atoms with van der Waals surface area (Å²) in [5.41, 5.74) is 3.57. The highest BCUT2D eigenvalue weighted by atomic mass is 14.9. The minimum atomic E-state index is 0.454. The van der Waals surface area contributed by atoms with Crippen LogP contribution < -0.4 is 5.32 Å². The van der Waals surface area contributed by atoms with Crippen molar-refractivity contribution in [2.45, 2.75) is 32.7 Å². The van der Waals surface area contributed by atoms with E-state index in [9.17, 15) is 0 Å².